The van der Waals surface area contributed by atoms with E-state index >= 15 is 0 Å². The van der Waals surface area contributed by atoms with Gasteiger partial charge in [0.2, 0.25) is 0 Å². The van der Waals surface area contributed by atoms with Crippen LogP contribution in [0.5, 0.6) is 11.5 Å². The van der Waals surface area contributed by atoms with Crippen LogP contribution >= 0.6 is 0 Å². The van der Waals surface area contributed by atoms with Crippen LogP contribution in [0, 0.1) is 5.82 Å². The van der Waals surface area contributed by atoms with Crippen molar-refractivity contribution in [1.82, 2.24) is 10.3 Å². The van der Waals surface area contributed by atoms with E-state index in [1.165, 1.54) is 0 Å². The fraction of sp³-hybridized carbons (Fsp3) is 0.0556. The minimum Gasteiger partial charge on any atom is -0.457 e. The van der Waals surface area contributed by atoms with Gasteiger partial charge in [-0.05, 0) is 29.8 Å². The molecule has 0 aliphatic carbocycles. The van der Waals surface area contributed by atoms with Gasteiger partial charge in [0.05, 0.1) is 0 Å². The molecule has 0 fully saturated rings. The third-order valence-corrected chi connectivity index (χ3v) is 3.25. The molecule has 23 heavy (non-hydrogen) atoms. The number of rotatable bonds is 5. The number of hydrogen-bond donors (Lipinski definition) is 2. The van der Waals surface area contributed by atoms with Crippen molar-refractivity contribution in [1.29, 1.82) is 0 Å². The molecule has 116 valence electrons. The number of carbonyl (C=O) groups is 1. The first-order valence-electron chi connectivity index (χ1n) is 7.15. The number of benzene rings is 2. The summed E-state index contributed by atoms with van der Waals surface area (Å²) in [5, 5.41) is 2.72. The van der Waals surface area contributed by atoms with E-state index in [1.807, 2.05) is 54.6 Å². The van der Waals surface area contributed by atoms with E-state index in [9.17, 15) is 9.18 Å². The van der Waals surface area contributed by atoms with Crippen molar-refractivity contribution >= 4 is 5.91 Å². The van der Waals surface area contributed by atoms with Gasteiger partial charge in [-0.3, -0.25) is 4.79 Å². The predicted octanol–water partition coefficient (Wildman–Crippen LogP) is 3.88. The molecule has 0 spiro atoms. The molecule has 4 nitrogen and oxygen atoms in total. The lowest BCUT2D eigenvalue weighted by Crippen LogP contribution is -2.22. The monoisotopic (exact) mass is 310 g/mol. The third-order valence-electron chi connectivity index (χ3n) is 3.25. The second-order valence-electron chi connectivity index (χ2n) is 4.97. The summed E-state index contributed by atoms with van der Waals surface area (Å²) in [5.41, 5.74) is 1.12. The summed E-state index contributed by atoms with van der Waals surface area (Å²) in [7, 11) is 0. The van der Waals surface area contributed by atoms with Crippen LogP contribution in [0.3, 0.4) is 0 Å². The SMILES string of the molecule is O=C(NCc1ccc(Oc2ccccc2)cc1)c1cc(F)c[nH]1. The molecular weight excluding hydrogens is 295 g/mol. The first-order valence-corrected chi connectivity index (χ1v) is 7.15. The Morgan fingerprint density at radius 3 is 2.39 bits per heavy atom. The minimum atomic E-state index is -0.461. The molecule has 0 saturated heterocycles. The van der Waals surface area contributed by atoms with Gasteiger partial charge in [0, 0.05) is 18.8 Å². The number of aromatic nitrogens is 1. The average molecular weight is 310 g/mol. The second kappa shape index (κ2) is 6.79. The molecule has 0 aliphatic rings. The lowest BCUT2D eigenvalue weighted by molar-refractivity contribution is 0.0946. The standard InChI is InChI=1S/C18H15FN2O2/c19-14-10-17(20-12-14)18(22)21-11-13-6-8-16(9-7-13)23-15-4-2-1-3-5-15/h1-10,12,20H,11H2,(H,21,22). The molecular formula is C18H15FN2O2. The Labute approximate surface area is 132 Å². The second-order valence-corrected chi connectivity index (χ2v) is 4.97. The van der Waals surface area contributed by atoms with Crippen LogP contribution in [0.4, 0.5) is 4.39 Å². The lowest BCUT2D eigenvalue weighted by Gasteiger charge is -2.07. The molecule has 3 rings (SSSR count). The molecule has 0 unspecified atom stereocenters. The van der Waals surface area contributed by atoms with Crippen molar-refractivity contribution in [2.24, 2.45) is 0 Å². The molecule has 2 aromatic carbocycles. The Hall–Kier alpha value is -3.08. The Bertz CT molecular complexity index is 782. The molecule has 2 N–H and O–H groups in total. The van der Waals surface area contributed by atoms with Gasteiger partial charge >= 0.3 is 0 Å². The van der Waals surface area contributed by atoms with Crippen molar-refractivity contribution in [3.63, 3.8) is 0 Å². The molecule has 5 heteroatoms. The van der Waals surface area contributed by atoms with Gasteiger partial charge < -0.3 is 15.0 Å². The maximum Gasteiger partial charge on any atom is 0.268 e. The maximum atomic E-state index is 12.8. The van der Waals surface area contributed by atoms with Gasteiger partial charge in [-0.2, -0.15) is 0 Å². The number of hydrogen-bond acceptors (Lipinski definition) is 2. The Balaban J connectivity index is 1.56. The Kier molecular flexibility index (Phi) is 4.38. The fourth-order valence-electron chi connectivity index (χ4n) is 2.08. The molecule has 0 radical (unpaired) electrons. The van der Waals surface area contributed by atoms with Gasteiger partial charge in [0.15, 0.2) is 0 Å². The largest absolute Gasteiger partial charge is 0.457 e. The smallest absolute Gasteiger partial charge is 0.268 e. The highest BCUT2D eigenvalue weighted by Crippen LogP contribution is 2.21. The van der Waals surface area contributed by atoms with E-state index in [2.05, 4.69) is 10.3 Å². The van der Waals surface area contributed by atoms with Crippen LogP contribution in [0.15, 0.2) is 66.9 Å². The molecule has 1 heterocycles. The lowest BCUT2D eigenvalue weighted by atomic mass is 10.2. The highest BCUT2D eigenvalue weighted by atomic mass is 19.1. The van der Waals surface area contributed by atoms with Crippen molar-refractivity contribution in [2.45, 2.75) is 6.54 Å². The van der Waals surface area contributed by atoms with E-state index in [0.29, 0.717) is 6.54 Å². The van der Waals surface area contributed by atoms with Crippen LogP contribution in [0.2, 0.25) is 0 Å². The van der Waals surface area contributed by atoms with Gasteiger partial charge in [0.25, 0.3) is 5.91 Å². The molecule has 0 saturated carbocycles. The molecule has 3 aromatic rings. The van der Waals surface area contributed by atoms with Crippen molar-refractivity contribution in [3.05, 3.63) is 83.9 Å². The van der Waals surface area contributed by atoms with Crippen LogP contribution in [0.1, 0.15) is 16.1 Å². The normalized spacial score (nSPS) is 10.3. The van der Waals surface area contributed by atoms with Crippen molar-refractivity contribution in [3.8, 4) is 11.5 Å². The predicted molar refractivity (Wildman–Crippen MR) is 84.9 cm³/mol. The molecule has 0 atom stereocenters. The fourth-order valence-corrected chi connectivity index (χ4v) is 2.08. The van der Waals surface area contributed by atoms with Gasteiger partial charge in [0.1, 0.15) is 23.0 Å². The highest BCUT2D eigenvalue weighted by Gasteiger charge is 2.08. The summed E-state index contributed by atoms with van der Waals surface area (Å²) in [6.07, 6.45) is 1.14. The average Bonchev–Trinajstić information content (AvgIpc) is 3.01. The van der Waals surface area contributed by atoms with E-state index in [-0.39, 0.29) is 11.6 Å². The van der Waals surface area contributed by atoms with Crippen LogP contribution in [-0.2, 0) is 6.54 Å². The minimum absolute atomic E-state index is 0.200. The number of ether oxygens (including phenoxy) is 1. The first-order chi connectivity index (χ1) is 11.2. The number of nitrogens with one attached hydrogen (secondary N) is 2. The molecule has 0 bridgehead atoms. The van der Waals surface area contributed by atoms with Crippen LogP contribution in [0.25, 0.3) is 0 Å². The van der Waals surface area contributed by atoms with E-state index in [1.54, 1.807) is 0 Å². The third kappa shape index (κ3) is 3.97. The summed E-state index contributed by atoms with van der Waals surface area (Å²) in [6, 6.07) is 18.1. The summed E-state index contributed by atoms with van der Waals surface area (Å²) >= 11 is 0. The Morgan fingerprint density at radius 1 is 1.04 bits per heavy atom. The zero-order chi connectivity index (χ0) is 16.1. The summed E-state index contributed by atoms with van der Waals surface area (Å²) < 4.78 is 18.5. The maximum absolute atomic E-state index is 12.8. The zero-order valence-electron chi connectivity index (χ0n) is 12.3. The van der Waals surface area contributed by atoms with E-state index in [0.717, 1.165) is 29.3 Å². The number of halogens is 1. The number of carbonyl (C=O) groups excluding carboxylic acids is 1. The quantitative estimate of drug-likeness (QED) is 0.751. The number of H-pyrrole nitrogens is 1. The van der Waals surface area contributed by atoms with Crippen LogP contribution in [-0.4, -0.2) is 10.9 Å². The van der Waals surface area contributed by atoms with Gasteiger partial charge in [-0.1, -0.05) is 30.3 Å². The highest BCUT2D eigenvalue weighted by molar-refractivity contribution is 5.92. The summed E-state index contributed by atoms with van der Waals surface area (Å²) in [4.78, 5) is 14.4. The topological polar surface area (TPSA) is 54.1 Å². The van der Waals surface area contributed by atoms with Gasteiger partial charge in [-0.25, -0.2) is 4.39 Å². The number of aromatic amines is 1. The molecule has 1 amide bonds. The summed E-state index contributed by atoms with van der Waals surface area (Å²) in [6.45, 7) is 0.352. The molecule has 0 aliphatic heterocycles. The van der Waals surface area contributed by atoms with Crippen LogP contribution < -0.4 is 10.1 Å². The van der Waals surface area contributed by atoms with Crippen molar-refractivity contribution in [2.75, 3.05) is 0 Å². The van der Waals surface area contributed by atoms with E-state index in [4.69, 9.17) is 4.74 Å². The Morgan fingerprint density at radius 2 is 1.74 bits per heavy atom. The van der Waals surface area contributed by atoms with Gasteiger partial charge in [-0.15, -0.1) is 0 Å². The molecule has 1 aromatic heterocycles. The first kappa shape index (κ1) is 14.8. The van der Waals surface area contributed by atoms with Crippen molar-refractivity contribution < 1.29 is 13.9 Å². The van der Waals surface area contributed by atoms with E-state index < -0.39 is 5.82 Å². The number of para-hydroxylation sites is 1. The zero-order valence-corrected chi connectivity index (χ0v) is 12.3. The number of amides is 1. The summed E-state index contributed by atoms with van der Waals surface area (Å²) in [5.74, 6) is 0.677.